The number of aromatic nitrogens is 1. The molecule has 1 heterocycles. The number of carbonyl (C=O) groups is 2. The number of amides is 2. The van der Waals surface area contributed by atoms with E-state index in [0.29, 0.717) is 30.6 Å². The van der Waals surface area contributed by atoms with Gasteiger partial charge in [-0.2, -0.15) is 0 Å². The average Bonchev–Trinajstić information content (AvgIpc) is 3.36. The minimum atomic E-state index is -0.893. The summed E-state index contributed by atoms with van der Waals surface area (Å²) in [5, 5.41) is 29.8. The van der Waals surface area contributed by atoms with Crippen molar-refractivity contribution in [3.05, 3.63) is 117 Å². The van der Waals surface area contributed by atoms with Gasteiger partial charge in [0.05, 0.1) is 18.7 Å². The van der Waals surface area contributed by atoms with Crippen molar-refractivity contribution in [2.75, 3.05) is 13.6 Å². The minimum Gasteiger partial charge on any atom is -0.508 e. The SMILES string of the molecule is Cc1cc(C(=O)N[C@@H](Cc2ccccc2)[C@H](O)CNCc2cccc(O)c2)cc(C(=O)N(C)Cc2nc(C)cs2)c1. The van der Waals surface area contributed by atoms with Gasteiger partial charge in [0.1, 0.15) is 10.8 Å². The highest BCUT2D eigenvalue weighted by atomic mass is 32.1. The molecule has 8 nitrogen and oxygen atoms in total. The summed E-state index contributed by atoms with van der Waals surface area (Å²) >= 11 is 1.51. The Morgan fingerprint density at radius 3 is 2.41 bits per heavy atom. The second-order valence-electron chi connectivity index (χ2n) is 10.3. The first-order chi connectivity index (χ1) is 19.7. The molecule has 0 unspecified atom stereocenters. The molecule has 4 rings (SSSR count). The van der Waals surface area contributed by atoms with Crippen molar-refractivity contribution < 1.29 is 19.8 Å². The number of aliphatic hydroxyl groups excluding tert-OH is 1. The Kier molecular flexibility index (Phi) is 10.2. The van der Waals surface area contributed by atoms with E-state index in [1.54, 1.807) is 48.3 Å². The molecule has 0 saturated heterocycles. The van der Waals surface area contributed by atoms with Crippen LogP contribution in [-0.2, 0) is 19.5 Å². The fourth-order valence-corrected chi connectivity index (χ4v) is 5.41. The molecule has 0 aliphatic heterocycles. The second-order valence-corrected chi connectivity index (χ2v) is 11.2. The number of benzene rings is 3. The van der Waals surface area contributed by atoms with Crippen molar-refractivity contribution in [1.29, 1.82) is 0 Å². The lowest BCUT2D eigenvalue weighted by Crippen LogP contribution is -2.48. The standard InChI is InChI=1S/C32H36N4O4S/c1-21-12-25(16-26(13-21)32(40)36(3)19-30-34-22(2)20-41-30)31(39)35-28(15-23-8-5-4-6-9-23)29(38)18-33-17-24-10-7-11-27(37)14-24/h4-14,16,20,28-29,33,37-38H,15,17-19H2,1-3H3,(H,35,39)/t28-,29+/m0/s1. The normalized spacial score (nSPS) is 12.5. The maximum absolute atomic E-state index is 13.5. The first-order valence-electron chi connectivity index (χ1n) is 13.5. The zero-order valence-electron chi connectivity index (χ0n) is 23.5. The van der Waals surface area contributed by atoms with Crippen LogP contribution in [0.5, 0.6) is 5.75 Å². The number of phenols is 1. The fourth-order valence-electron chi connectivity index (χ4n) is 4.58. The number of carbonyl (C=O) groups excluding carboxylic acids is 2. The molecule has 214 valence electrons. The van der Waals surface area contributed by atoms with Gasteiger partial charge in [0.2, 0.25) is 0 Å². The van der Waals surface area contributed by atoms with Crippen molar-refractivity contribution >= 4 is 23.2 Å². The molecule has 0 spiro atoms. The topological polar surface area (TPSA) is 115 Å². The van der Waals surface area contributed by atoms with E-state index in [0.717, 1.165) is 27.4 Å². The van der Waals surface area contributed by atoms with Crippen LogP contribution in [0.2, 0.25) is 0 Å². The molecule has 0 aliphatic carbocycles. The Morgan fingerprint density at radius 1 is 0.976 bits per heavy atom. The van der Waals surface area contributed by atoms with Gasteiger partial charge in [-0.15, -0.1) is 11.3 Å². The molecule has 2 atom stereocenters. The van der Waals surface area contributed by atoms with Gasteiger partial charge in [-0.25, -0.2) is 4.98 Å². The van der Waals surface area contributed by atoms with E-state index in [1.807, 2.05) is 55.6 Å². The summed E-state index contributed by atoms with van der Waals surface area (Å²) in [5.74, 6) is -0.388. The van der Waals surface area contributed by atoms with Gasteiger partial charge < -0.3 is 25.7 Å². The third kappa shape index (κ3) is 8.72. The third-order valence-corrected chi connectivity index (χ3v) is 7.60. The maximum Gasteiger partial charge on any atom is 0.254 e. The summed E-state index contributed by atoms with van der Waals surface area (Å²) in [6.07, 6.45) is -0.468. The highest BCUT2D eigenvalue weighted by molar-refractivity contribution is 7.09. The first kappa shape index (κ1) is 29.9. The first-order valence-corrected chi connectivity index (χ1v) is 14.4. The van der Waals surface area contributed by atoms with Crippen LogP contribution >= 0.6 is 11.3 Å². The van der Waals surface area contributed by atoms with E-state index in [9.17, 15) is 19.8 Å². The van der Waals surface area contributed by atoms with Crippen molar-refractivity contribution in [2.45, 2.75) is 45.5 Å². The van der Waals surface area contributed by atoms with E-state index in [1.165, 1.54) is 11.3 Å². The number of rotatable bonds is 12. The summed E-state index contributed by atoms with van der Waals surface area (Å²) in [6, 6.07) is 21.1. The Bertz CT molecular complexity index is 1470. The molecule has 0 fully saturated rings. The summed E-state index contributed by atoms with van der Waals surface area (Å²) in [5.41, 5.74) is 4.33. The molecule has 4 N–H and O–H groups in total. The Balaban J connectivity index is 1.46. The molecular weight excluding hydrogens is 536 g/mol. The molecule has 3 aromatic carbocycles. The van der Waals surface area contributed by atoms with Crippen LogP contribution in [-0.4, -0.2) is 57.6 Å². The van der Waals surface area contributed by atoms with Crippen LogP contribution in [0.4, 0.5) is 0 Å². The predicted molar refractivity (Wildman–Crippen MR) is 161 cm³/mol. The van der Waals surface area contributed by atoms with E-state index >= 15 is 0 Å². The number of thiazole rings is 1. The monoisotopic (exact) mass is 572 g/mol. The lowest BCUT2D eigenvalue weighted by Gasteiger charge is -2.25. The summed E-state index contributed by atoms with van der Waals surface area (Å²) in [7, 11) is 1.72. The smallest absolute Gasteiger partial charge is 0.254 e. The van der Waals surface area contributed by atoms with Gasteiger partial charge in [-0.3, -0.25) is 9.59 Å². The number of hydrogen-bond donors (Lipinski definition) is 4. The van der Waals surface area contributed by atoms with Crippen LogP contribution in [0.3, 0.4) is 0 Å². The zero-order chi connectivity index (χ0) is 29.4. The molecule has 4 aromatic rings. The van der Waals surface area contributed by atoms with Crippen molar-refractivity contribution in [2.24, 2.45) is 0 Å². The molecule has 0 bridgehead atoms. The van der Waals surface area contributed by atoms with E-state index in [4.69, 9.17) is 0 Å². The zero-order valence-corrected chi connectivity index (χ0v) is 24.3. The minimum absolute atomic E-state index is 0.180. The summed E-state index contributed by atoms with van der Waals surface area (Å²) in [4.78, 5) is 32.7. The van der Waals surface area contributed by atoms with Gasteiger partial charge in [-0.1, -0.05) is 42.5 Å². The van der Waals surface area contributed by atoms with Crippen LogP contribution in [0.15, 0.2) is 78.2 Å². The molecule has 41 heavy (non-hydrogen) atoms. The van der Waals surface area contributed by atoms with Gasteiger partial charge in [0.15, 0.2) is 0 Å². The maximum atomic E-state index is 13.5. The van der Waals surface area contributed by atoms with Gasteiger partial charge in [0, 0.05) is 42.3 Å². The Morgan fingerprint density at radius 2 is 1.71 bits per heavy atom. The number of aromatic hydroxyl groups is 1. The van der Waals surface area contributed by atoms with Crippen LogP contribution in [0.25, 0.3) is 0 Å². The molecule has 0 saturated carbocycles. The molecule has 0 radical (unpaired) electrons. The number of phenolic OH excluding ortho intramolecular Hbond substituents is 1. The molecule has 0 aliphatic rings. The van der Waals surface area contributed by atoms with Crippen LogP contribution in [0.1, 0.15) is 48.1 Å². The Hall–Kier alpha value is -4.05. The van der Waals surface area contributed by atoms with Crippen molar-refractivity contribution in [1.82, 2.24) is 20.5 Å². The third-order valence-electron chi connectivity index (χ3n) is 6.64. The van der Waals surface area contributed by atoms with Crippen molar-refractivity contribution in [3.63, 3.8) is 0 Å². The van der Waals surface area contributed by atoms with Gasteiger partial charge >= 0.3 is 0 Å². The van der Waals surface area contributed by atoms with E-state index < -0.39 is 12.1 Å². The number of aryl methyl sites for hydroxylation is 2. The summed E-state index contributed by atoms with van der Waals surface area (Å²) < 4.78 is 0. The fraction of sp³-hybridized carbons (Fsp3) is 0.281. The summed E-state index contributed by atoms with van der Waals surface area (Å²) in [6.45, 7) is 4.83. The van der Waals surface area contributed by atoms with E-state index in [2.05, 4.69) is 15.6 Å². The van der Waals surface area contributed by atoms with Crippen LogP contribution in [0, 0.1) is 13.8 Å². The predicted octanol–water partition coefficient (Wildman–Crippen LogP) is 4.23. The number of nitrogens with zero attached hydrogens (tertiary/aromatic N) is 2. The number of hydrogen-bond acceptors (Lipinski definition) is 7. The molecule has 9 heteroatoms. The highest BCUT2D eigenvalue weighted by Gasteiger charge is 2.24. The lowest BCUT2D eigenvalue weighted by molar-refractivity contribution is 0.0784. The lowest BCUT2D eigenvalue weighted by atomic mass is 9.99. The van der Waals surface area contributed by atoms with Gasteiger partial charge in [0.25, 0.3) is 11.8 Å². The molecule has 1 aromatic heterocycles. The average molecular weight is 573 g/mol. The van der Waals surface area contributed by atoms with Gasteiger partial charge in [-0.05, 0) is 67.3 Å². The number of aliphatic hydroxyl groups is 1. The molecule has 2 amide bonds. The molecular formula is C32H36N4O4S. The van der Waals surface area contributed by atoms with Crippen LogP contribution < -0.4 is 10.6 Å². The largest absolute Gasteiger partial charge is 0.508 e. The second kappa shape index (κ2) is 14.0. The quantitative estimate of drug-likeness (QED) is 0.202. The van der Waals surface area contributed by atoms with E-state index in [-0.39, 0.29) is 24.1 Å². The highest BCUT2D eigenvalue weighted by Crippen LogP contribution is 2.17. The number of nitrogens with one attached hydrogen (secondary N) is 2. The Labute approximate surface area is 244 Å². The van der Waals surface area contributed by atoms with Crippen molar-refractivity contribution in [3.8, 4) is 5.75 Å².